The summed E-state index contributed by atoms with van der Waals surface area (Å²) < 4.78 is 22.1. The molecule has 70 valence electrons. The summed E-state index contributed by atoms with van der Waals surface area (Å²) in [5.74, 6) is -0.150. The maximum atomic E-state index is 11.1. The van der Waals surface area contributed by atoms with E-state index in [2.05, 4.69) is 5.32 Å². The number of amides is 1. The Labute approximate surface area is 72.3 Å². The van der Waals surface area contributed by atoms with Gasteiger partial charge in [-0.1, -0.05) is 0 Å². The highest BCUT2D eigenvalue weighted by molar-refractivity contribution is 7.91. The summed E-state index contributed by atoms with van der Waals surface area (Å²) >= 11 is 0. The summed E-state index contributed by atoms with van der Waals surface area (Å²) in [6.07, 6.45) is 3.74. The number of hydrogen-bond donors (Lipinski definition) is 1. The van der Waals surface area contributed by atoms with Gasteiger partial charge in [-0.05, 0) is 19.3 Å². The van der Waals surface area contributed by atoms with E-state index < -0.39 is 15.2 Å². The van der Waals surface area contributed by atoms with E-state index in [9.17, 15) is 13.2 Å². The largest absolute Gasteiger partial charge is 0.340 e. The Morgan fingerprint density at radius 3 is 2.67 bits per heavy atom. The van der Waals surface area contributed by atoms with E-state index in [0.29, 0.717) is 12.8 Å². The molecule has 0 spiro atoms. The molecule has 0 saturated carbocycles. The zero-order chi connectivity index (χ0) is 9.19. The van der Waals surface area contributed by atoms with Gasteiger partial charge in [0.25, 0.3) is 0 Å². The van der Waals surface area contributed by atoms with E-state index >= 15 is 0 Å². The van der Waals surface area contributed by atoms with Crippen LogP contribution >= 0.6 is 0 Å². The van der Waals surface area contributed by atoms with Gasteiger partial charge >= 0.3 is 0 Å². The van der Waals surface area contributed by atoms with Gasteiger partial charge < -0.3 is 5.32 Å². The Kier molecular flexibility index (Phi) is 2.72. The van der Waals surface area contributed by atoms with Gasteiger partial charge in [-0.15, -0.1) is 0 Å². The van der Waals surface area contributed by atoms with Crippen molar-refractivity contribution in [3.8, 4) is 0 Å². The molecule has 0 aromatic heterocycles. The SMILES string of the molecule is CS(=O)(=O)C1CCCCC(=O)N1. The standard InChI is InChI=1S/C7H13NO3S/c1-12(10,11)7-5-3-2-4-6(9)8-7/h7H,2-5H2,1H3,(H,8,9). The number of nitrogens with one attached hydrogen (secondary N) is 1. The molecule has 1 N–H and O–H groups in total. The van der Waals surface area contributed by atoms with Crippen molar-refractivity contribution in [1.82, 2.24) is 5.32 Å². The third kappa shape index (κ3) is 2.48. The first-order valence-electron chi connectivity index (χ1n) is 3.98. The van der Waals surface area contributed by atoms with E-state index in [4.69, 9.17) is 0 Å². The van der Waals surface area contributed by atoms with Crippen LogP contribution in [0, 0.1) is 0 Å². The molecule has 1 aliphatic rings. The molecule has 1 unspecified atom stereocenters. The highest BCUT2D eigenvalue weighted by Crippen LogP contribution is 2.12. The van der Waals surface area contributed by atoms with Crippen molar-refractivity contribution in [3.05, 3.63) is 0 Å². The van der Waals surface area contributed by atoms with Gasteiger partial charge in [0, 0.05) is 12.7 Å². The lowest BCUT2D eigenvalue weighted by Gasteiger charge is -2.12. The highest BCUT2D eigenvalue weighted by atomic mass is 32.2. The molecule has 1 rings (SSSR count). The monoisotopic (exact) mass is 191 g/mol. The zero-order valence-corrected chi connectivity index (χ0v) is 7.86. The number of hydrogen-bond acceptors (Lipinski definition) is 3. The molecule has 5 heteroatoms. The van der Waals surface area contributed by atoms with Crippen LogP contribution in [0.5, 0.6) is 0 Å². The van der Waals surface area contributed by atoms with Gasteiger partial charge in [-0.3, -0.25) is 4.79 Å². The molecule has 0 aromatic rings. The van der Waals surface area contributed by atoms with Gasteiger partial charge in [0.1, 0.15) is 5.37 Å². The van der Waals surface area contributed by atoms with E-state index in [-0.39, 0.29) is 5.91 Å². The molecule has 4 nitrogen and oxygen atoms in total. The van der Waals surface area contributed by atoms with Crippen molar-refractivity contribution >= 4 is 15.7 Å². The molecule has 0 aromatic carbocycles. The predicted molar refractivity (Wildman–Crippen MR) is 45.2 cm³/mol. The van der Waals surface area contributed by atoms with E-state index in [0.717, 1.165) is 19.1 Å². The van der Waals surface area contributed by atoms with Crippen LogP contribution in [0.3, 0.4) is 0 Å². The van der Waals surface area contributed by atoms with Crippen molar-refractivity contribution < 1.29 is 13.2 Å². The fourth-order valence-corrected chi connectivity index (χ4v) is 2.20. The Bertz CT molecular complexity index is 270. The highest BCUT2D eigenvalue weighted by Gasteiger charge is 2.24. The van der Waals surface area contributed by atoms with Gasteiger partial charge in [0.05, 0.1) is 0 Å². The molecule has 1 aliphatic heterocycles. The molecule has 0 bridgehead atoms. The molecule has 1 fully saturated rings. The number of carbonyl (C=O) groups excluding carboxylic acids is 1. The van der Waals surface area contributed by atoms with Crippen LogP contribution in [0.15, 0.2) is 0 Å². The second-order valence-electron chi connectivity index (χ2n) is 3.13. The average Bonchev–Trinajstić information content (AvgIpc) is 2.11. The first-order valence-corrected chi connectivity index (χ1v) is 5.94. The van der Waals surface area contributed by atoms with Gasteiger partial charge in [-0.2, -0.15) is 0 Å². The fraction of sp³-hybridized carbons (Fsp3) is 0.857. The third-order valence-electron chi connectivity index (χ3n) is 1.96. The molecule has 0 aliphatic carbocycles. The Hall–Kier alpha value is -0.580. The number of sulfone groups is 1. The van der Waals surface area contributed by atoms with Crippen molar-refractivity contribution in [2.24, 2.45) is 0 Å². The lowest BCUT2D eigenvalue weighted by molar-refractivity contribution is -0.121. The van der Waals surface area contributed by atoms with E-state index in [1.54, 1.807) is 0 Å². The lowest BCUT2D eigenvalue weighted by atomic mass is 10.2. The summed E-state index contributed by atoms with van der Waals surface area (Å²) in [4.78, 5) is 11.0. The second kappa shape index (κ2) is 3.43. The smallest absolute Gasteiger partial charge is 0.221 e. The molecule has 12 heavy (non-hydrogen) atoms. The van der Waals surface area contributed by atoms with Crippen LogP contribution in [0.4, 0.5) is 0 Å². The summed E-state index contributed by atoms with van der Waals surface area (Å²) in [7, 11) is -3.11. The minimum absolute atomic E-state index is 0.150. The van der Waals surface area contributed by atoms with Crippen LogP contribution in [0.25, 0.3) is 0 Å². The van der Waals surface area contributed by atoms with E-state index in [1.807, 2.05) is 0 Å². The quantitative estimate of drug-likeness (QED) is 0.637. The molecular formula is C7H13NO3S. The molecule has 1 saturated heterocycles. The topological polar surface area (TPSA) is 63.2 Å². The normalized spacial score (nSPS) is 26.1. The molecule has 0 radical (unpaired) electrons. The van der Waals surface area contributed by atoms with Crippen molar-refractivity contribution in [2.45, 2.75) is 31.1 Å². The third-order valence-corrected chi connectivity index (χ3v) is 3.35. The Morgan fingerprint density at radius 1 is 1.42 bits per heavy atom. The van der Waals surface area contributed by atoms with Crippen molar-refractivity contribution in [2.75, 3.05) is 6.26 Å². The fourth-order valence-electron chi connectivity index (χ4n) is 1.26. The lowest BCUT2D eigenvalue weighted by Crippen LogP contribution is -2.38. The minimum atomic E-state index is -3.11. The first-order chi connectivity index (χ1) is 5.50. The minimum Gasteiger partial charge on any atom is -0.340 e. The average molecular weight is 191 g/mol. The number of rotatable bonds is 1. The summed E-state index contributed by atoms with van der Waals surface area (Å²) in [6, 6.07) is 0. The molecule has 1 heterocycles. The van der Waals surface area contributed by atoms with Gasteiger partial charge in [0.2, 0.25) is 5.91 Å². The number of carbonyl (C=O) groups is 1. The predicted octanol–water partition coefficient (Wildman–Crippen LogP) is 0.0473. The van der Waals surface area contributed by atoms with Crippen LogP contribution in [0.2, 0.25) is 0 Å². The first kappa shape index (κ1) is 9.51. The van der Waals surface area contributed by atoms with Crippen LogP contribution in [-0.2, 0) is 14.6 Å². The van der Waals surface area contributed by atoms with Crippen LogP contribution in [0.1, 0.15) is 25.7 Å². The summed E-state index contributed by atoms with van der Waals surface area (Å²) in [5, 5.41) is 1.83. The molecule has 1 atom stereocenters. The van der Waals surface area contributed by atoms with Crippen LogP contribution in [-0.4, -0.2) is 26.0 Å². The van der Waals surface area contributed by atoms with Crippen molar-refractivity contribution in [1.29, 1.82) is 0 Å². The van der Waals surface area contributed by atoms with Gasteiger partial charge in [-0.25, -0.2) is 8.42 Å². The Balaban J connectivity index is 2.71. The molecular weight excluding hydrogens is 178 g/mol. The summed E-state index contributed by atoms with van der Waals surface area (Å²) in [5.41, 5.74) is 0. The van der Waals surface area contributed by atoms with Crippen LogP contribution < -0.4 is 5.32 Å². The second-order valence-corrected chi connectivity index (χ2v) is 5.36. The van der Waals surface area contributed by atoms with Gasteiger partial charge in [0.15, 0.2) is 9.84 Å². The van der Waals surface area contributed by atoms with E-state index in [1.165, 1.54) is 0 Å². The Morgan fingerprint density at radius 2 is 2.08 bits per heavy atom. The maximum absolute atomic E-state index is 11.1. The zero-order valence-electron chi connectivity index (χ0n) is 7.04. The molecule has 1 amide bonds. The maximum Gasteiger partial charge on any atom is 0.221 e. The van der Waals surface area contributed by atoms with Crippen molar-refractivity contribution in [3.63, 3.8) is 0 Å². The summed E-state index contributed by atoms with van der Waals surface area (Å²) in [6.45, 7) is 0.